The van der Waals surface area contributed by atoms with E-state index in [0.717, 1.165) is 55.1 Å². The van der Waals surface area contributed by atoms with Crippen molar-refractivity contribution in [2.24, 2.45) is 4.99 Å². The number of guanidine groups is 1. The summed E-state index contributed by atoms with van der Waals surface area (Å²) in [6, 6.07) is 9.98. The average Bonchev–Trinajstić information content (AvgIpc) is 3.21. The molecule has 1 aromatic carbocycles. The monoisotopic (exact) mass is 420 g/mol. The molecule has 0 spiro atoms. The number of aliphatic imine (C=N–C) groups is 1. The first-order valence-electron chi connectivity index (χ1n) is 9.61. The Kier molecular flexibility index (Phi) is 7.79. The number of anilines is 1. The number of nitrogens with zero attached hydrogens (tertiary/aromatic N) is 5. The van der Waals surface area contributed by atoms with E-state index in [2.05, 4.69) is 36.4 Å². The summed E-state index contributed by atoms with van der Waals surface area (Å²) in [5.74, 6) is 3.01. The summed E-state index contributed by atoms with van der Waals surface area (Å²) < 4.78 is 16.7. The minimum absolute atomic E-state index is 0.599. The van der Waals surface area contributed by atoms with Gasteiger partial charge in [0.25, 0.3) is 0 Å². The van der Waals surface area contributed by atoms with Gasteiger partial charge in [-0.3, -0.25) is 9.20 Å². The Hall–Kier alpha value is -2.00. The maximum absolute atomic E-state index is 12.3. The fourth-order valence-corrected chi connectivity index (χ4v) is 4.91. The van der Waals surface area contributed by atoms with Crippen LogP contribution in [0.3, 0.4) is 0 Å². The Morgan fingerprint density at radius 3 is 2.64 bits per heavy atom. The van der Waals surface area contributed by atoms with Gasteiger partial charge in [-0.15, -0.1) is 0 Å². The van der Waals surface area contributed by atoms with Crippen molar-refractivity contribution in [1.29, 1.82) is 0 Å². The third-order valence-electron chi connectivity index (χ3n) is 4.62. The number of aromatic nitrogens is 2. The van der Waals surface area contributed by atoms with Gasteiger partial charge in [-0.1, -0.05) is 37.3 Å². The van der Waals surface area contributed by atoms with Crippen LogP contribution in [0.1, 0.15) is 18.3 Å². The average molecular weight is 421 g/mol. The lowest BCUT2D eigenvalue weighted by atomic mass is 10.2. The van der Waals surface area contributed by atoms with E-state index in [1.54, 1.807) is 7.05 Å². The fraction of sp³-hybridized carbons (Fsp3) is 0.526. The van der Waals surface area contributed by atoms with Gasteiger partial charge in [-0.05, 0) is 5.56 Å². The first-order valence-corrected chi connectivity index (χ1v) is 11.9. The molecule has 0 bridgehead atoms. The molecule has 0 saturated carbocycles. The summed E-state index contributed by atoms with van der Waals surface area (Å²) in [6.45, 7) is 6.30. The van der Waals surface area contributed by atoms with E-state index < -0.39 is 10.8 Å². The Bertz CT molecular complexity index is 787. The largest absolute Gasteiger partial charge is 0.355 e. The zero-order valence-electron chi connectivity index (χ0n) is 16.5. The molecule has 1 N–H and O–H groups in total. The lowest BCUT2D eigenvalue weighted by Gasteiger charge is -2.36. The number of hydrogen-bond acceptors (Lipinski definition) is 6. The van der Waals surface area contributed by atoms with Crippen LogP contribution in [0, 0.1) is 0 Å². The Balaban J connectivity index is 1.41. The maximum Gasteiger partial charge on any atom is 0.205 e. The van der Waals surface area contributed by atoms with Gasteiger partial charge in [0.15, 0.2) is 5.96 Å². The number of piperazine rings is 1. The molecule has 0 aliphatic carbocycles. The van der Waals surface area contributed by atoms with Crippen molar-refractivity contribution in [2.75, 3.05) is 50.4 Å². The van der Waals surface area contributed by atoms with Crippen molar-refractivity contribution in [1.82, 2.24) is 19.6 Å². The maximum atomic E-state index is 12.3. The van der Waals surface area contributed by atoms with Crippen LogP contribution in [0.4, 0.5) is 5.13 Å². The van der Waals surface area contributed by atoms with Crippen LogP contribution >= 0.6 is 11.5 Å². The molecule has 2 heterocycles. The fourth-order valence-electron chi connectivity index (χ4n) is 3.07. The first-order chi connectivity index (χ1) is 13.7. The summed E-state index contributed by atoms with van der Waals surface area (Å²) in [7, 11) is 0.918. The molecule has 1 aromatic heterocycles. The molecule has 1 aliphatic rings. The van der Waals surface area contributed by atoms with Crippen molar-refractivity contribution < 1.29 is 4.21 Å². The second-order valence-electron chi connectivity index (χ2n) is 6.57. The lowest BCUT2D eigenvalue weighted by Crippen LogP contribution is -2.53. The zero-order chi connectivity index (χ0) is 19.8. The van der Waals surface area contributed by atoms with Gasteiger partial charge < -0.3 is 15.1 Å². The standard InChI is InChI=1S/C19H28N6OS2/c1-3-17-22-19(27-23-17)25-12-10-24(11-13-25)18(20-2)21-9-14-28(26)15-16-7-5-4-6-8-16/h4-8H,3,9-15H2,1-2H3,(H,20,21). The first kappa shape index (κ1) is 20.7. The quantitative estimate of drug-likeness (QED) is 0.543. The molecule has 0 amide bonds. The zero-order valence-corrected chi connectivity index (χ0v) is 18.1. The number of benzene rings is 1. The van der Waals surface area contributed by atoms with Crippen LogP contribution in [0.25, 0.3) is 0 Å². The number of hydrogen-bond donors (Lipinski definition) is 1. The molecule has 7 nitrogen and oxygen atoms in total. The number of nitrogens with one attached hydrogen (secondary N) is 1. The third kappa shape index (κ3) is 5.75. The highest BCUT2D eigenvalue weighted by atomic mass is 32.2. The second kappa shape index (κ2) is 10.5. The molecular formula is C19H28N6OS2. The summed E-state index contributed by atoms with van der Waals surface area (Å²) in [6.07, 6.45) is 0.874. The molecule has 1 unspecified atom stereocenters. The van der Waals surface area contributed by atoms with Crippen molar-refractivity contribution in [3.05, 3.63) is 41.7 Å². The van der Waals surface area contributed by atoms with Crippen molar-refractivity contribution >= 4 is 33.4 Å². The molecule has 152 valence electrons. The minimum atomic E-state index is -0.882. The summed E-state index contributed by atoms with van der Waals surface area (Å²) in [5.41, 5.74) is 1.12. The topological polar surface area (TPSA) is 73.7 Å². The summed E-state index contributed by atoms with van der Waals surface area (Å²) in [5, 5.41) is 4.37. The molecule has 9 heteroatoms. The Labute approximate surface area is 173 Å². The van der Waals surface area contributed by atoms with E-state index in [-0.39, 0.29) is 0 Å². The van der Waals surface area contributed by atoms with Gasteiger partial charge in [-0.2, -0.15) is 4.37 Å². The van der Waals surface area contributed by atoms with E-state index in [0.29, 0.717) is 18.1 Å². The molecule has 2 aromatic rings. The van der Waals surface area contributed by atoms with Crippen molar-refractivity contribution in [2.45, 2.75) is 19.1 Å². The highest BCUT2D eigenvalue weighted by molar-refractivity contribution is 7.84. The van der Waals surface area contributed by atoms with Crippen LogP contribution in [0.5, 0.6) is 0 Å². The molecule has 0 radical (unpaired) electrons. The molecule has 28 heavy (non-hydrogen) atoms. The third-order valence-corrected chi connectivity index (χ3v) is 6.75. The normalized spacial score (nSPS) is 16.3. The van der Waals surface area contributed by atoms with Gasteiger partial charge in [0.05, 0.1) is 0 Å². The molecular weight excluding hydrogens is 392 g/mol. The highest BCUT2D eigenvalue weighted by Gasteiger charge is 2.22. The number of aryl methyl sites for hydroxylation is 1. The molecule has 1 saturated heterocycles. The van der Waals surface area contributed by atoms with Crippen LogP contribution < -0.4 is 10.2 Å². The lowest BCUT2D eigenvalue weighted by molar-refractivity contribution is 0.373. The molecule has 1 atom stereocenters. The SMILES string of the molecule is CCc1nsc(N2CCN(C(=NC)NCCS(=O)Cc3ccccc3)CC2)n1. The number of rotatable bonds is 7. The van der Waals surface area contributed by atoms with Gasteiger partial charge in [0, 0.05) is 80.0 Å². The van der Waals surface area contributed by atoms with E-state index >= 15 is 0 Å². The van der Waals surface area contributed by atoms with E-state index in [4.69, 9.17) is 0 Å². The van der Waals surface area contributed by atoms with Gasteiger partial charge in [0.2, 0.25) is 5.13 Å². The Morgan fingerprint density at radius 1 is 1.25 bits per heavy atom. The molecule has 3 rings (SSSR count). The smallest absolute Gasteiger partial charge is 0.205 e. The van der Waals surface area contributed by atoms with E-state index in [1.165, 1.54) is 11.5 Å². The predicted octanol–water partition coefficient (Wildman–Crippen LogP) is 1.75. The van der Waals surface area contributed by atoms with Gasteiger partial charge >= 0.3 is 0 Å². The van der Waals surface area contributed by atoms with E-state index in [9.17, 15) is 4.21 Å². The molecule has 1 aliphatic heterocycles. The van der Waals surface area contributed by atoms with Gasteiger partial charge in [0.1, 0.15) is 5.82 Å². The van der Waals surface area contributed by atoms with Crippen molar-refractivity contribution in [3.63, 3.8) is 0 Å². The summed E-state index contributed by atoms with van der Waals surface area (Å²) >= 11 is 1.48. The van der Waals surface area contributed by atoms with Crippen LogP contribution in [0.15, 0.2) is 35.3 Å². The van der Waals surface area contributed by atoms with Crippen molar-refractivity contribution in [3.8, 4) is 0 Å². The highest BCUT2D eigenvalue weighted by Crippen LogP contribution is 2.19. The van der Waals surface area contributed by atoms with Crippen LogP contribution in [-0.2, 0) is 23.0 Å². The van der Waals surface area contributed by atoms with Crippen LogP contribution in [0.2, 0.25) is 0 Å². The Morgan fingerprint density at radius 2 is 2.00 bits per heavy atom. The predicted molar refractivity (Wildman–Crippen MR) is 118 cm³/mol. The second-order valence-corrected chi connectivity index (χ2v) is 8.88. The van der Waals surface area contributed by atoms with Gasteiger partial charge in [-0.25, -0.2) is 4.98 Å². The molecule has 1 fully saturated rings. The summed E-state index contributed by atoms with van der Waals surface area (Å²) in [4.78, 5) is 13.5. The van der Waals surface area contributed by atoms with E-state index in [1.807, 2.05) is 30.3 Å². The van der Waals surface area contributed by atoms with Crippen LogP contribution in [-0.4, -0.2) is 70.0 Å². The minimum Gasteiger partial charge on any atom is -0.355 e.